The highest BCUT2D eigenvalue weighted by Gasteiger charge is 2.39. The van der Waals surface area contributed by atoms with Crippen molar-refractivity contribution in [2.75, 3.05) is 0 Å². The van der Waals surface area contributed by atoms with Crippen LogP contribution in [0.2, 0.25) is 0 Å². The van der Waals surface area contributed by atoms with Crippen molar-refractivity contribution in [2.24, 2.45) is 0 Å². The van der Waals surface area contributed by atoms with E-state index in [0.717, 1.165) is 11.2 Å². The molecule has 9 aromatic carbocycles. The van der Waals surface area contributed by atoms with Crippen LogP contribution in [0.25, 0.3) is 98.8 Å². The first-order valence-electron chi connectivity index (χ1n) is 19.5. The molecule has 0 aliphatic heterocycles. The summed E-state index contributed by atoms with van der Waals surface area (Å²) in [7, 11) is 0. The zero-order valence-electron chi connectivity index (χ0n) is 31.4. The second-order valence-corrected chi connectivity index (χ2v) is 16.8. The largest absolute Gasteiger partial charge is 0.456 e. The Morgan fingerprint density at radius 3 is 1.53 bits per heavy atom. The third-order valence-corrected chi connectivity index (χ3v) is 13.2. The second kappa shape index (κ2) is 10.6. The molecule has 0 bridgehead atoms. The van der Waals surface area contributed by atoms with E-state index in [1.54, 1.807) is 0 Å². The van der Waals surface area contributed by atoms with Crippen LogP contribution in [0, 0.1) is 0 Å². The molecule has 0 amide bonds. The van der Waals surface area contributed by atoms with Crippen LogP contribution in [0.1, 0.15) is 49.9 Å². The lowest BCUT2D eigenvalue weighted by atomic mass is 9.79. The number of furan rings is 1. The standard InChI is InChI=1S/C54H38O/c1-53(2)43-19-11-9-13-34(43)41-29-32(22-26-44(41)53)48-35-14-5-7-16-37(35)49(38-17-8-6-15-36(38)48)33-23-27-45-42(30-33)39-25-21-31-24-28-47-51(50(31)52(39)54(45,3)4)40-18-10-12-20-46(40)55-47/h5-30H,1-4H3. The fourth-order valence-electron chi connectivity index (χ4n) is 10.7. The van der Waals surface area contributed by atoms with E-state index in [9.17, 15) is 0 Å². The Morgan fingerprint density at radius 1 is 0.364 bits per heavy atom. The molecule has 260 valence electrons. The van der Waals surface area contributed by atoms with E-state index in [0.29, 0.717) is 0 Å². The van der Waals surface area contributed by atoms with Crippen molar-refractivity contribution in [1.29, 1.82) is 0 Å². The predicted molar refractivity (Wildman–Crippen MR) is 232 cm³/mol. The summed E-state index contributed by atoms with van der Waals surface area (Å²) < 4.78 is 6.41. The zero-order chi connectivity index (χ0) is 36.8. The highest BCUT2D eigenvalue weighted by atomic mass is 16.3. The molecule has 0 unspecified atom stereocenters. The van der Waals surface area contributed by atoms with Crippen LogP contribution in [0.5, 0.6) is 0 Å². The summed E-state index contributed by atoms with van der Waals surface area (Å²) in [5.74, 6) is 0. The highest BCUT2D eigenvalue weighted by molar-refractivity contribution is 6.23. The molecule has 55 heavy (non-hydrogen) atoms. The first kappa shape index (κ1) is 31.0. The van der Waals surface area contributed by atoms with Gasteiger partial charge in [-0.3, -0.25) is 0 Å². The van der Waals surface area contributed by atoms with Crippen LogP contribution < -0.4 is 0 Å². The number of para-hydroxylation sites is 1. The summed E-state index contributed by atoms with van der Waals surface area (Å²) in [6, 6.07) is 59.0. The van der Waals surface area contributed by atoms with E-state index < -0.39 is 0 Å². The fourth-order valence-corrected chi connectivity index (χ4v) is 10.7. The first-order chi connectivity index (χ1) is 26.8. The molecular weight excluding hydrogens is 665 g/mol. The minimum Gasteiger partial charge on any atom is -0.456 e. The lowest BCUT2D eigenvalue weighted by Crippen LogP contribution is -2.15. The first-order valence-corrected chi connectivity index (χ1v) is 19.5. The van der Waals surface area contributed by atoms with E-state index in [1.807, 2.05) is 0 Å². The van der Waals surface area contributed by atoms with E-state index >= 15 is 0 Å². The summed E-state index contributed by atoms with van der Waals surface area (Å²) in [5.41, 5.74) is 17.7. The molecule has 0 N–H and O–H groups in total. The van der Waals surface area contributed by atoms with Gasteiger partial charge in [0.2, 0.25) is 0 Å². The lowest BCUT2D eigenvalue weighted by molar-refractivity contribution is 0.660. The van der Waals surface area contributed by atoms with E-state index in [1.165, 1.54) is 110 Å². The van der Waals surface area contributed by atoms with Gasteiger partial charge in [-0.2, -0.15) is 0 Å². The van der Waals surface area contributed by atoms with E-state index in [2.05, 4.69) is 185 Å². The lowest BCUT2D eigenvalue weighted by Gasteiger charge is -2.24. The molecule has 0 fully saturated rings. The van der Waals surface area contributed by atoms with Crippen LogP contribution in [-0.4, -0.2) is 0 Å². The Hall–Kier alpha value is -6.44. The monoisotopic (exact) mass is 702 g/mol. The van der Waals surface area contributed by atoms with Gasteiger partial charge in [0.1, 0.15) is 11.2 Å². The fraction of sp³-hybridized carbons (Fsp3) is 0.111. The van der Waals surface area contributed by atoms with Crippen LogP contribution in [0.15, 0.2) is 162 Å². The van der Waals surface area contributed by atoms with Crippen molar-refractivity contribution in [3.05, 3.63) is 180 Å². The number of benzene rings is 9. The maximum atomic E-state index is 6.41. The summed E-state index contributed by atoms with van der Waals surface area (Å²) in [5, 5.41) is 10.1. The normalized spacial score (nSPS) is 14.8. The SMILES string of the molecule is CC1(C)c2ccccc2-c2cc(-c3c4ccccc4c(-c4ccc5c(c4)-c4ccc6ccc7oc8ccccc8c7c6c4C5(C)C)c4ccccc34)ccc21. The van der Waals surface area contributed by atoms with Crippen molar-refractivity contribution in [2.45, 2.75) is 38.5 Å². The summed E-state index contributed by atoms with van der Waals surface area (Å²) in [4.78, 5) is 0. The van der Waals surface area contributed by atoms with Gasteiger partial charge in [0, 0.05) is 21.6 Å². The second-order valence-electron chi connectivity index (χ2n) is 16.8. The van der Waals surface area contributed by atoms with Gasteiger partial charge in [0.25, 0.3) is 0 Å². The number of rotatable bonds is 2. The maximum absolute atomic E-state index is 6.41. The molecule has 1 heteroatoms. The van der Waals surface area contributed by atoms with Crippen LogP contribution in [-0.2, 0) is 10.8 Å². The maximum Gasteiger partial charge on any atom is 0.136 e. The average Bonchev–Trinajstić information content (AvgIpc) is 3.79. The van der Waals surface area contributed by atoms with Crippen LogP contribution in [0.3, 0.4) is 0 Å². The van der Waals surface area contributed by atoms with Gasteiger partial charge in [-0.1, -0.05) is 161 Å². The highest BCUT2D eigenvalue weighted by Crippen LogP contribution is 2.55. The van der Waals surface area contributed by atoms with Crippen molar-refractivity contribution >= 4 is 54.3 Å². The minimum atomic E-state index is -0.190. The van der Waals surface area contributed by atoms with Crippen molar-refractivity contribution in [3.8, 4) is 44.5 Å². The molecule has 1 heterocycles. The summed E-state index contributed by atoms with van der Waals surface area (Å²) in [6.07, 6.45) is 0. The molecule has 0 spiro atoms. The Morgan fingerprint density at radius 2 is 0.873 bits per heavy atom. The number of hydrogen-bond donors (Lipinski definition) is 0. The van der Waals surface area contributed by atoms with Gasteiger partial charge in [-0.15, -0.1) is 0 Å². The van der Waals surface area contributed by atoms with Gasteiger partial charge in [0.05, 0.1) is 0 Å². The molecule has 10 aromatic rings. The van der Waals surface area contributed by atoms with Gasteiger partial charge in [0.15, 0.2) is 0 Å². The topological polar surface area (TPSA) is 13.1 Å². The molecule has 2 aliphatic rings. The molecular formula is C54H38O. The summed E-state index contributed by atoms with van der Waals surface area (Å²) in [6.45, 7) is 9.51. The van der Waals surface area contributed by atoms with Crippen molar-refractivity contribution in [1.82, 2.24) is 0 Å². The van der Waals surface area contributed by atoms with Crippen molar-refractivity contribution in [3.63, 3.8) is 0 Å². The molecule has 2 aliphatic carbocycles. The van der Waals surface area contributed by atoms with Gasteiger partial charge >= 0.3 is 0 Å². The molecule has 0 radical (unpaired) electrons. The van der Waals surface area contributed by atoms with Gasteiger partial charge < -0.3 is 4.42 Å². The third-order valence-electron chi connectivity index (χ3n) is 13.2. The quantitative estimate of drug-likeness (QED) is 0.163. The Kier molecular flexibility index (Phi) is 5.98. The van der Waals surface area contributed by atoms with Crippen LogP contribution in [0.4, 0.5) is 0 Å². The predicted octanol–water partition coefficient (Wildman–Crippen LogP) is 15.0. The van der Waals surface area contributed by atoms with Crippen molar-refractivity contribution < 1.29 is 4.42 Å². The Balaban J connectivity index is 1.11. The smallest absolute Gasteiger partial charge is 0.136 e. The van der Waals surface area contributed by atoms with Crippen LogP contribution >= 0.6 is 0 Å². The van der Waals surface area contributed by atoms with E-state index in [-0.39, 0.29) is 10.8 Å². The zero-order valence-corrected chi connectivity index (χ0v) is 31.4. The molecule has 0 saturated heterocycles. The van der Waals surface area contributed by atoms with Gasteiger partial charge in [-0.05, 0) is 123 Å². The number of hydrogen-bond acceptors (Lipinski definition) is 1. The summed E-state index contributed by atoms with van der Waals surface area (Å²) >= 11 is 0. The average molecular weight is 703 g/mol. The van der Waals surface area contributed by atoms with E-state index in [4.69, 9.17) is 4.42 Å². The van der Waals surface area contributed by atoms with Gasteiger partial charge in [-0.25, -0.2) is 0 Å². The Bertz CT molecular complexity index is 3260. The molecule has 0 atom stereocenters. The number of fused-ring (bicyclic) bond motifs is 14. The third kappa shape index (κ3) is 3.98. The molecule has 12 rings (SSSR count). The molecule has 0 saturated carbocycles. The minimum absolute atomic E-state index is 0.0240. The molecule has 1 aromatic heterocycles. The molecule has 1 nitrogen and oxygen atoms in total. The Labute approximate surface area is 320 Å².